The van der Waals surface area contributed by atoms with Crippen molar-refractivity contribution >= 4 is 33.3 Å². The fourth-order valence-corrected chi connectivity index (χ4v) is 3.57. The highest BCUT2D eigenvalue weighted by atomic mass is 32.1. The number of nitrogens with two attached hydrogens (primary N) is 2. The molecule has 0 spiro atoms. The van der Waals surface area contributed by atoms with Crippen molar-refractivity contribution in [3.8, 4) is 0 Å². The minimum atomic E-state index is -0.141. The van der Waals surface area contributed by atoms with Crippen molar-refractivity contribution in [3.63, 3.8) is 0 Å². The van der Waals surface area contributed by atoms with E-state index >= 15 is 0 Å². The van der Waals surface area contributed by atoms with Crippen LogP contribution in [0.3, 0.4) is 0 Å². The monoisotopic (exact) mass is 294 g/mol. The average Bonchev–Trinajstić information content (AvgIpc) is 2.83. The Bertz CT molecular complexity index is 657. The fourth-order valence-electron chi connectivity index (χ4n) is 2.47. The first-order valence-electron chi connectivity index (χ1n) is 6.49. The van der Waals surface area contributed by atoms with Gasteiger partial charge in [-0.2, -0.15) is 4.98 Å². The first-order valence-corrected chi connectivity index (χ1v) is 7.31. The van der Waals surface area contributed by atoms with Crippen molar-refractivity contribution in [1.29, 1.82) is 0 Å². The molecule has 1 atom stereocenters. The number of nitrogens with zero attached hydrogens (tertiary/aromatic N) is 2. The zero-order valence-electron chi connectivity index (χ0n) is 11.5. The molecule has 1 aliphatic heterocycles. The standard InChI is InChI=1S/C12H18N6OS/c1-3-12(2)4-6-7(5-19-12)20-10-8(6)9(17-13)15-11(16-10)18-14/h3-5,13-14H2,1-2H3,(H2,15,16,17,18)/t12-/m1/s1. The van der Waals surface area contributed by atoms with Crippen molar-refractivity contribution in [3.05, 3.63) is 10.4 Å². The summed E-state index contributed by atoms with van der Waals surface area (Å²) in [5.41, 5.74) is 6.20. The van der Waals surface area contributed by atoms with Gasteiger partial charge >= 0.3 is 0 Å². The van der Waals surface area contributed by atoms with Crippen LogP contribution in [0.4, 0.5) is 11.8 Å². The van der Waals surface area contributed by atoms with Gasteiger partial charge in [-0.3, -0.25) is 5.43 Å². The molecule has 0 saturated heterocycles. The minimum Gasteiger partial charge on any atom is -0.369 e. The molecule has 0 bridgehead atoms. The second-order valence-electron chi connectivity index (χ2n) is 5.14. The van der Waals surface area contributed by atoms with Crippen LogP contribution >= 0.6 is 11.3 Å². The van der Waals surface area contributed by atoms with Gasteiger partial charge in [-0.1, -0.05) is 6.92 Å². The van der Waals surface area contributed by atoms with Gasteiger partial charge in [-0.25, -0.2) is 16.7 Å². The molecule has 2 aromatic heterocycles. The quantitative estimate of drug-likeness (QED) is 0.501. The lowest BCUT2D eigenvalue weighted by Crippen LogP contribution is -2.34. The molecule has 6 N–H and O–H groups in total. The molecular weight excluding hydrogens is 276 g/mol. The first-order chi connectivity index (χ1) is 9.60. The average molecular weight is 294 g/mol. The summed E-state index contributed by atoms with van der Waals surface area (Å²) < 4.78 is 5.97. The van der Waals surface area contributed by atoms with Gasteiger partial charge in [0.2, 0.25) is 5.95 Å². The van der Waals surface area contributed by atoms with Crippen molar-refractivity contribution in [1.82, 2.24) is 9.97 Å². The summed E-state index contributed by atoms with van der Waals surface area (Å²) >= 11 is 1.60. The van der Waals surface area contributed by atoms with Crippen LogP contribution in [-0.4, -0.2) is 15.6 Å². The SMILES string of the molecule is CC[C@]1(C)Cc2c(sc3nc(NN)nc(NN)c23)CO1. The van der Waals surface area contributed by atoms with Crippen LogP contribution in [0.2, 0.25) is 0 Å². The number of nitrogens with one attached hydrogen (secondary N) is 2. The lowest BCUT2D eigenvalue weighted by atomic mass is 9.90. The van der Waals surface area contributed by atoms with E-state index in [0.717, 1.165) is 23.1 Å². The third-order valence-corrected chi connectivity index (χ3v) is 4.95. The minimum absolute atomic E-state index is 0.141. The van der Waals surface area contributed by atoms with Gasteiger partial charge in [0.1, 0.15) is 4.83 Å². The van der Waals surface area contributed by atoms with Crippen LogP contribution in [0.1, 0.15) is 30.7 Å². The zero-order chi connectivity index (χ0) is 14.3. The molecule has 3 rings (SSSR count). The van der Waals surface area contributed by atoms with E-state index in [1.807, 2.05) is 0 Å². The molecule has 0 aliphatic carbocycles. The van der Waals surface area contributed by atoms with E-state index < -0.39 is 0 Å². The van der Waals surface area contributed by atoms with Gasteiger partial charge in [0.05, 0.1) is 17.6 Å². The normalized spacial score (nSPS) is 21.8. The summed E-state index contributed by atoms with van der Waals surface area (Å²) in [7, 11) is 0. The molecule has 20 heavy (non-hydrogen) atoms. The summed E-state index contributed by atoms with van der Waals surface area (Å²) in [6.45, 7) is 4.87. The Kier molecular flexibility index (Phi) is 3.25. The smallest absolute Gasteiger partial charge is 0.240 e. The van der Waals surface area contributed by atoms with Gasteiger partial charge in [0.25, 0.3) is 0 Å². The third kappa shape index (κ3) is 2.01. The number of nitrogen functional groups attached to an aromatic ring is 2. The fraction of sp³-hybridized carbons (Fsp3) is 0.500. The molecule has 0 amide bonds. The molecule has 0 unspecified atom stereocenters. The molecule has 8 heteroatoms. The van der Waals surface area contributed by atoms with E-state index in [9.17, 15) is 0 Å². The molecule has 0 saturated carbocycles. The predicted octanol–water partition coefficient (Wildman–Crippen LogP) is 1.50. The van der Waals surface area contributed by atoms with Crippen LogP contribution in [0, 0.1) is 0 Å². The molecule has 0 aromatic carbocycles. The van der Waals surface area contributed by atoms with Crippen molar-refractivity contribution < 1.29 is 4.74 Å². The van der Waals surface area contributed by atoms with Gasteiger partial charge in [0, 0.05) is 11.3 Å². The van der Waals surface area contributed by atoms with Crippen molar-refractivity contribution in [2.45, 2.75) is 38.9 Å². The second-order valence-corrected chi connectivity index (χ2v) is 6.22. The van der Waals surface area contributed by atoms with E-state index in [0.29, 0.717) is 18.4 Å². The number of aromatic nitrogens is 2. The lowest BCUT2D eigenvalue weighted by molar-refractivity contribution is -0.0542. The summed E-state index contributed by atoms with van der Waals surface area (Å²) in [5, 5.41) is 0.981. The predicted molar refractivity (Wildman–Crippen MR) is 80.2 cm³/mol. The number of fused-ring (bicyclic) bond motifs is 3. The Hall–Kier alpha value is -1.48. The van der Waals surface area contributed by atoms with Crippen molar-refractivity contribution in [2.24, 2.45) is 11.7 Å². The van der Waals surface area contributed by atoms with Crippen LogP contribution in [0.15, 0.2) is 0 Å². The Balaban J connectivity index is 2.20. The largest absolute Gasteiger partial charge is 0.369 e. The molecule has 108 valence electrons. The van der Waals surface area contributed by atoms with Gasteiger partial charge in [-0.05, 0) is 18.9 Å². The van der Waals surface area contributed by atoms with E-state index in [2.05, 4.69) is 34.7 Å². The number of hydrogen-bond donors (Lipinski definition) is 4. The summed E-state index contributed by atoms with van der Waals surface area (Å²) in [4.78, 5) is 10.7. The molecule has 0 fully saturated rings. The zero-order valence-corrected chi connectivity index (χ0v) is 12.3. The number of ether oxygens (including phenoxy) is 1. The first kappa shape index (κ1) is 13.5. The highest BCUT2D eigenvalue weighted by Gasteiger charge is 2.33. The number of thiophene rings is 1. The maximum Gasteiger partial charge on any atom is 0.240 e. The Morgan fingerprint density at radius 1 is 1.35 bits per heavy atom. The Morgan fingerprint density at radius 2 is 2.15 bits per heavy atom. The third-order valence-electron chi connectivity index (χ3n) is 3.85. The van der Waals surface area contributed by atoms with Crippen LogP contribution in [0.25, 0.3) is 10.2 Å². The van der Waals surface area contributed by atoms with Crippen LogP contribution in [-0.2, 0) is 17.8 Å². The molecule has 2 aromatic rings. The van der Waals surface area contributed by atoms with E-state index in [1.165, 1.54) is 10.4 Å². The van der Waals surface area contributed by atoms with Crippen LogP contribution < -0.4 is 22.5 Å². The number of rotatable bonds is 3. The molecule has 0 radical (unpaired) electrons. The van der Waals surface area contributed by atoms with Gasteiger partial charge in [-0.15, -0.1) is 11.3 Å². The van der Waals surface area contributed by atoms with Gasteiger partial charge < -0.3 is 10.2 Å². The van der Waals surface area contributed by atoms with E-state index in [4.69, 9.17) is 16.4 Å². The summed E-state index contributed by atoms with van der Waals surface area (Å²) in [5.74, 6) is 11.9. The maximum atomic E-state index is 5.97. The summed E-state index contributed by atoms with van der Waals surface area (Å²) in [6.07, 6.45) is 1.80. The van der Waals surface area contributed by atoms with Crippen LogP contribution in [0.5, 0.6) is 0 Å². The molecule has 1 aliphatic rings. The highest BCUT2D eigenvalue weighted by Crippen LogP contribution is 2.41. The van der Waals surface area contributed by atoms with Crippen molar-refractivity contribution in [2.75, 3.05) is 10.9 Å². The van der Waals surface area contributed by atoms with E-state index in [-0.39, 0.29) is 5.60 Å². The number of anilines is 2. The Labute approximate surface area is 120 Å². The Morgan fingerprint density at radius 3 is 2.80 bits per heavy atom. The maximum absolute atomic E-state index is 5.97. The molecule has 7 nitrogen and oxygen atoms in total. The number of hydrogen-bond acceptors (Lipinski definition) is 8. The summed E-state index contributed by atoms with van der Waals surface area (Å²) in [6, 6.07) is 0. The van der Waals surface area contributed by atoms with Gasteiger partial charge in [0.15, 0.2) is 5.82 Å². The number of hydrazine groups is 2. The highest BCUT2D eigenvalue weighted by molar-refractivity contribution is 7.19. The van der Waals surface area contributed by atoms with E-state index in [1.54, 1.807) is 11.3 Å². The molecule has 3 heterocycles. The topological polar surface area (TPSA) is 111 Å². The second kappa shape index (κ2) is 4.81. The lowest BCUT2D eigenvalue weighted by Gasteiger charge is -2.33. The molecular formula is C12H18N6OS.